The van der Waals surface area contributed by atoms with Gasteiger partial charge in [-0.1, -0.05) is 22.4 Å². The van der Waals surface area contributed by atoms with E-state index in [0.29, 0.717) is 31.6 Å². The van der Waals surface area contributed by atoms with Crippen LogP contribution in [0.4, 0.5) is 0 Å². The predicted octanol–water partition coefficient (Wildman–Crippen LogP) is 5.00. The van der Waals surface area contributed by atoms with Gasteiger partial charge >= 0.3 is 5.97 Å². The van der Waals surface area contributed by atoms with Crippen LogP contribution in [0.1, 0.15) is 53.8 Å². The number of furan rings is 1. The summed E-state index contributed by atoms with van der Waals surface area (Å²) >= 11 is 3.57. The van der Waals surface area contributed by atoms with E-state index in [1.807, 2.05) is 24.0 Å². The fourth-order valence-electron chi connectivity index (χ4n) is 5.03. The van der Waals surface area contributed by atoms with Crippen LogP contribution in [0, 0.1) is 5.41 Å². The van der Waals surface area contributed by atoms with Crippen molar-refractivity contribution in [3.63, 3.8) is 0 Å². The Morgan fingerprint density at radius 2 is 2.17 bits per heavy atom. The summed E-state index contributed by atoms with van der Waals surface area (Å²) in [5.41, 5.74) is 2.94. The van der Waals surface area contributed by atoms with Gasteiger partial charge in [0.2, 0.25) is 0 Å². The Morgan fingerprint density at radius 3 is 2.83 bits per heavy atom. The number of aromatic amines is 1. The van der Waals surface area contributed by atoms with E-state index >= 15 is 0 Å². The van der Waals surface area contributed by atoms with Crippen LogP contribution >= 0.6 is 15.9 Å². The number of carbonyl (C=O) groups is 2. The van der Waals surface area contributed by atoms with Gasteiger partial charge in [0.25, 0.3) is 5.91 Å². The third kappa shape index (κ3) is 2.82. The smallest absolute Gasteiger partial charge is 0.314 e. The maximum atomic E-state index is 13.4. The summed E-state index contributed by atoms with van der Waals surface area (Å²) in [6.07, 6.45) is 6.07. The van der Waals surface area contributed by atoms with Crippen molar-refractivity contribution in [2.45, 2.75) is 38.6 Å². The summed E-state index contributed by atoms with van der Waals surface area (Å²) in [6, 6.07) is 7.43. The Labute approximate surface area is 182 Å². The Kier molecular flexibility index (Phi) is 4.73. The number of benzene rings is 1. The maximum absolute atomic E-state index is 13.4. The molecule has 7 heteroatoms. The third-order valence-electron chi connectivity index (χ3n) is 6.57. The monoisotopic (exact) mass is 470 g/mol. The molecule has 0 radical (unpaired) electrons. The van der Waals surface area contributed by atoms with E-state index in [1.165, 1.54) is 18.1 Å². The molecule has 156 valence electrons. The molecule has 5 rings (SSSR count). The number of nitrogens with one attached hydrogen (secondary N) is 1. The van der Waals surface area contributed by atoms with Gasteiger partial charge in [-0.05, 0) is 56.0 Å². The minimum absolute atomic E-state index is 0.116. The van der Waals surface area contributed by atoms with Gasteiger partial charge < -0.3 is 19.0 Å². The van der Waals surface area contributed by atoms with Crippen molar-refractivity contribution in [3.8, 4) is 0 Å². The highest BCUT2D eigenvalue weighted by Crippen LogP contribution is 2.56. The molecule has 2 aromatic heterocycles. The first-order valence-corrected chi connectivity index (χ1v) is 11.1. The van der Waals surface area contributed by atoms with E-state index in [4.69, 9.17) is 9.15 Å². The second kappa shape index (κ2) is 7.30. The van der Waals surface area contributed by atoms with Gasteiger partial charge in [0.15, 0.2) is 0 Å². The van der Waals surface area contributed by atoms with E-state index < -0.39 is 5.41 Å². The molecular weight excluding hydrogens is 448 g/mol. The molecule has 1 unspecified atom stereocenters. The molecule has 6 nitrogen and oxygen atoms in total. The highest BCUT2D eigenvalue weighted by atomic mass is 79.9. The molecular formula is C23H23BrN2O4. The number of ether oxygens (including phenoxy) is 1. The summed E-state index contributed by atoms with van der Waals surface area (Å²) in [5.74, 6) is -0.325. The number of esters is 1. The number of rotatable bonds is 4. The number of hydrogen-bond donors (Lipinski definition) is 1. The topological polar surface area (TPSA) is 75.5 Å². The molecule has 1 fully saturated rings. The van der Waals surface area contributed by atoms with Crippen LogP contribution in [0.25, 0.3) is 10.9 Å². The van der Waals surface area contributed by atoms with E-state index in [0.717, 1.165) is 33.9 Å². The van der Waals surface area contributed by atoms with Crippen LogP contribution in [0.2, 0.25) is 0 Å². The van der Waals surface area contributed by atoms with Crippen LogP contribution in [0.3, 0.4) is 0 Å². The molecule has 0 saturated heterocycles. The van der Waals surface area contributed by atoms with Crippen molar-refractivity contribution in [1.29, 1.82) is 0 Å². The minimum atomic E-state index is -0.720. The van der Waals surface area contributed by atoms with Crippen molar-refractivity contribution in [3.05, 3.63) is 58.1 Å². The molecule has 1 atom stereocenters. The fourth-order valence-corrected chi connectivity index (χ4v) is 5.39. The first kappa shape index (κ1) is 19.4. The number of carbonyl (C=O) groups excluding carboxylic acids is 2. The lowest BCUT2D eigenvalue weighted by molar-refractivity contribution is -0.168. The van der Waals surface area contributed by atoms with Gasteiger partial charge in [0.05, 0.1) is 29.9 Å². The van der Waals surface area contributed by atoms with Gasteiger partial charge in [-0.2, -0.15) is 0 Å². The molecule has 2 aliphatic rings. The van der Waals surface area contributed by atoms with E-state index in [2.05, 4.69) is 27.0 Å². The van der Waals surface area contributed by atoms with Crippen molar-refractivity contribution in [2.75, 3.05) is 13.2 Å². The van der Waals surface area contributed by atoms with Crippen LogP contribution in [-0.4, -0.2) is 34.9 Å². The van der Waals surface area contributed by atoms with Gasteiger partial charge in [0.1, 0.15) is 6.26 Å². The molecule has 3 aromatic rings. The Bertz CT molecular complexity index is 1110. The summed E-state index contributed by atoms with van der Waals surface area (Å²) in [6.45, 7) is 2.70. The summed E-state index contributed by atoms with van der Waals surface area (Å²) < 4.78 is 11.7. The SMILES string of the molecule is CCOC(=O)C1(C2c3[nH]c4ccc(Br)cc4c3CCN2C(=O)c2ccoc2)CCC1. The average molecular weight is 471 g/mol. The number of aromatic nitrogens is 1. The molecule has 1 amide bonds. The molecule has 0 spiro atoms. The highest BCUT2D eigenvalue weighted by molar-refractivity contribution is 9.10. The lowest BCUT2D eigenvalue weighted by Gasteiger charge is -2.50. The summed E-state index contributed by atoms with van der Waals surface area (Å²) in [7, 11) is 0. The quantitative estimate of drug-likeness (QED) is 0.544. The molecule has 3 heterocycles. The number of hydrogen-bond acceptors (Lipinski definition) is 4. The molecule has 1 N–H and O–H groups in total. The number of amides is 1. The third-order valence-corrected chi connectivity index (χ3v) is 7.06. The summed E-state index contributed by atoms with van der Waals surface area (Å²) in [5, 5.41) is 1.14. The zero-order valence-electron chi connectivity index (χ0n) is 16.7. The molecule has 1 aliphatic heterocycles. The maximum Gasteiger partial charge on any atom is 0.314 e. The number of halogens is 1. The molecule has 1 aliphatic carbocycles. The largest absolute Gasteiger partial charge is 0.472 e. The van der Waals surface area contributed by atoms with Crippen LogP contribution < -0.4 is 0 Å². The normalized spacial score (nSPS) is 19.9. The summed E-state index contributed by atoms with van der Waals surface area (Å²) in [4.78, 5) is 32.0. The zero-order valence-corrected chi connectivity index (χ0v) is 18.3. The zero-order chi connectivity index (χ0) is 20.9. The first-order valence-electron chi connectivity index (χ1n) is 10.4. The van der Waals surface area contributed by atoms with Crippen molar-refractivity contribution in [2.24, 2.45) is 5.41 Å². The number of nitrogens with zero attached hydrogens (tertiary/aromatic N) is 1. The standard InChI is InChI=1S/C23H23BrN2O4/c1-2-30-22(28)23(8-3-9-23)20-19-16(17-12-15(24)4-5-18(17)25-19)6-10-26(20)21(27)14-7-11-29-13-14/h4-5,7,11-13,20,25H,2-3,6,8-10H2,1H3. The fraction of sp³-hybridized carbons (Fsp3) is 0.391. The molecule has 30 heavy (non-hydrogen) atoms. The van der Waals surface area contributed by atoms with Crippen LogP contribution in [0.5, 0.6) is 0 Å². The molecule has 0 bridgehead atoms. The number of H-pyrrole nitrogens is 1. The van der Waals surface area contributed by atoms with E-state index in [-0.39, 0.29) is 17.9 Å². The Hall–Kier alpha value is -2.54. The van der Waals surface area contributed by atoms with Gasteiger partial charge in [0, 0.05) is 27.6 Å². The minimum Gasteiger partial charge on any atom is -0.472 e. The lowest BCUT2D eigenvalue weighted by atomic mass is 9.61. The average Bonchev–Trinajstić information content (AvgIpc) is 3.35. The number of fused-ring (bicyclic) bond motifs is 3. The van der Waals surface area contributed by atoms with Crippen molar-refractivity contribution < 1.29 is 18.7 Å². The van der Waals surface area contributed by atoms with E-state index in [9.17, 15) is 9.59 Å². The second-order valence-electron chi connectivity index (χ2n) is 8.10. The van der Waals surface area contributed by atoms with Gasteiger partial charge in [-0.25, -0.2) is 0 Å². The van der Waals surface area contributed by atoms with Crippen molar-refractivity contribution >= 4 is 38.7 Å². The molecule has 1 aromatic carbocycles. The Morgan fingerprint density at radius 1 is 1.33 bits per heavy atom. The van der Waals surface area contributed by atoms with E-state index in [1.54, 1.807) is 6.07 Å². The highest BCUT2D eigenvalue weighted by Gasteiger charge is 2.57. The Balaban J connectivity index is 1.68. The first-order chi connectivity index (χ1) is 14.5. The van der Waals surface area contributed by atoms with Crippen LogP contribution in [-0.2, 0) is 16.0 Å². The predicted molar refractivity (Wildman–Crippen MR) is 115 cm³/mol. The lowest BCUT2D eigenvalue weighted by Crippen LogP contribution is -2.54. The van der Waals surface area contributed by atoms with Gasteiger partial charge in [-0.3, -0.25) is 9.59 Å². The van der Waals surface area contributed by atoms with Crippen LogP contribution in [0.15, 0.2) is 45.7 Å². The molecule has 1 saturated carbocycles. The second-order valence-corrected chi connectivity index (χ2v) is 9.02. The van der Waals surface area contributed by atoms with Crippen molar-refractivity contribution in [1.82, 2.24) is 9.88 Å². The van der Waals surface area contributed by atoms with Gasteiger partial charge in [-0.15, -0.1) is 0 Å².